The van der Waals surface area contributed by atoms with Gasteiger partial charge in [0.15, 0.2) is 0 Å². The summed E-state index contributed by atoms with van der Waals surface area (Å²) in [4.78, 5) is 0. The van der Waals surface area contributed by atoms with Crippen molar-refractivity contribution in [2.24, 2.45) is 7.05 Å². The van der Waals surface area contributed by atoms with E-state index in [1.807, 2.05) is 18.7 Å². The van der Waals surface area contributed by atoms with Gasteiger partial charge in [0.2, 0.25) is 0 Å². The maximum absolute atomic E-state index is 6.15. The molecule has 0 saturated carbocycles. The molecule has 0 aromatic carbocycles. The molecule has 1 heterocycles. The second kappa shape index (κ2) is 7.50. The van der Waals surface area contributed by atoms with Gasteiger partial charge >= 0.3 is 0 Å². The first kappa shape index (κ1) is 14.3. The van der Waals surface area contributed by atoms with Crippen LogP contribution in [0.15, 0.2) is 0 Å². The Labute approximate surface area is 116 Å². The Kier molecular flexibility index (Phi) is 6.68. The van der Waals surface area contributed by atoms with Crippen molar-refractivity contribution in [2.45, 2.75) is 32.7 Å². The lowest BCUT2D eigenvalue weighted by molar-refractivity contribution is 0.590. The summed E-state index contributed by atoms with van der Waals surface area (Å²) in [5, 5.41) is 8.48. The van der Waals surface area contributed by atoms with Crippen molar-refractivity contribution in [2.75, 3.05) is 11.0 Å². The van der Waals surface area contributed by atoms with E-state index in [2.05, 4.69) is 33.0 Å². The lowest BCUT2D eigenvalue weighted by Gasteiger charge is -2.05. The average molecular weight is 356 g/mol. The lowest BCUT2D eigenvalue weighted by atomic mass is 10.2. The molecule has 92 valence electrons. The molecule has 0 aliphatic rings. The number of aromatic nitrogens is 2. The quantitative estimate of drug-likeness (QED) is 0.463. The molecule has 0 unspecified atom stereocenters. The zero-order valence-corrected chi connectivity index (χ0v) is 12.8. The second-order valence-electron chi connectivity index (χ2n) is 3.90. The molecule has 0 spiro atoms. The Balaban J connectivity index is 2.26. The third-order valence-corrected chi connectivity index (χ3v) is 3.80. The summed E-state index contributed by atoms with van der Waals surface area (Å²) in [7, 11) is 1.94. The summed E-state index contributed by atoms with van der Waals surface area (Å²) in [6, 6.07) is 0. The molecule has 0 radical (unpaired) electrons. The van der Waals surface area contributed by atoms with Gasteiger partial charge in [-0.1, -0.05) is 40.6 Å². The molecule has 0 aliphatic carbocycles. The SMILES string of the molecule is Cc1nn(C)c(CNCCCCCI)c1Cl. The smallest absolute Gasteiger partial charge is 0.0860 e. The van der Waals surface area contributed by atoms with E-state index in [4.69, 9.17) is 11.6 Å². The average Bonchev–Trinajstić information content (AvgIpc) is 2.49. The minimum atomic E-state index is 0.794. The fourth-order valence-corrected chi connectivity index (χ4v) is 2.37. The van der Waals surface area contributed by atoms with Gasteiger partial charge in [-0.2, -0.15) is 5.10 Å². The van der Waals surface area contributed by atoms with E-state index in [0.717, 1.165) is 29.5 Å². The van der Waals surface area contributed by atoms with E-state index in [0.29, 0.717) is 0 Å². The number of unbranched alkanes of at least 4 members (excludes halogenated alkanes) is 2. The van der Waals surface area contributed by atoms with Gasteiger partial charge in [0.05, 0.1) is 16.4 Å². The summed E-state index contributed by atoms with van der Waals surface area (Å²) in [6.07, 6.45) is 3.85. The number of aryl methyl sites for hydroxylation is 2. The van der Waals surface area contributed by atoms with Gasteiger partial charge in [0.1, 0.15) is 0 Å². The molecule has 0 amide bonds. The number of alkyl halides is 1. The Morgan fingerprint density at radius 1 is 1.38 bits per heavy atom. The summed E-state index contributed by atoms with van der Waals surface area (Å²) < 4.78 is 3.11. The lowest BCUT2D eigenvalue weighted by Crippen LogP contribution is -2.17. The van der Waals surface area contributed by atoms with Gasteiger partial charge in [-0.05, 0) is 30.7 Å². The first-order valence-corrected chi connectivity index (χ1v) is 7.51. The minimum Gasteiger partial charge on any atom is -0.311 e. The number of nitrogens with zero attached hydrogens (tertiary/aromatic N) is 2. The molecular formula is C11H19ClIN3. The summed E-state index contributed by atoms with van der Waals surface area (Å²) in [6.45, 7) is 3.80. The van der Waals surface area contributed by atoms with Crippen molar-refractivity contribution < 1.29 is 0 Å². The molecule has 16 heavy (non-hydrogen) atoms. The molecule has 5 heteroatoms. The van der Waals surface area contributed by atoms with Gasteiger partial charge < -0.3 is 5.32 Å². The molecule has 1 rings (SSSR count). The van der Waals surface area contributed by atoms with Crippen molar-refractivity contribution in [1.82, 2.24) is 15.1 Å². The Bertz CT molecular complexity index is 325. The Morgan fingerprint density at radius 3 is 2.69 bits per heavy atom. The fraction of sp³-hybridized carbons (Fsp3) is 0.727. The van der Waals surface area contributed by atoms with Gasteiger partial charge in [0, 0.05) is 13.6 Å². The van der Waals surface area contributed by atoms with Crippen LogP contribution in [0.2, 0.25) is 5.02 Å². The van der Waals surface area contributed by atoms with E-state index >= 15 is 0 Å². The van der Waals surface area contributed by atoms with Crippen molar-refractivity contribution >= 4 is 34.2 Å². The van der Waals surface area contributed by atoms with Gasteiger partial charge in [-0.25, -0.2) is 0 Å². The topological polar surface area (TPSA) is 29.9 Å². The Morgan fingerprint density at radius 2 is 2.12 bits per heavy atom. The first-order valence-electron chi connectivity index (χ1n) is 5.61. The molecule has 0 fully saturated rings. The number of rotatable bonds is 7. The minimum absolute atomic E-state index is 0.794. The van der Waals surface area contributed by atoms with Crippen LogP contribution in [0.25, 0.3) is 0 Å². The van der Waals surface area contributed by atoms with Crippen LogP contribution >= 0.6 is 34.2 Å². The van der Waals surface area contributed by atoms with E-state index < -0.39 is 0 Å². The van der Waals surface area contributed by atoms with Crippen LogP contribution in [0.5, 0.6) is 0 Å². The molecular weight excluding hydrogens is 336 g/mol. The van der Waals surface area contributed by atoms with E-state index in [-0.39, 0.29) is 0 Å². The van der Waals surface area contributed by atoms with Crippen LogP contribution in [0, 0.1) is 6.92 Å². The second-order valence-corrected chi connectivity index (χ2v) is 5.35. The first-order chi connectivity index (χ1) is 7.66. The third kappa shape index (κ3) is 4.22. The van der Waals surface area contributed by atoms with Crippen LogP contribution < -0.4 is 5.32 Å². The van der Waals surface area contributed by atoms with Crippen LogP contribution in [0.4, 0.5) is 0 Å². The maximum Gasteiger partial charge on any atom is 0.0860 e. The molecule has 3 nitrogen and oxygen atoms in total. The molecule has 0 bridgehead atoms. The molecule has 0 aliphatic heterocycles. The molecule has 1 aromatic heterocycles. The van der Waals surface area contributed by atoms with E-state index in [9.17, 15) is 0 Å². The van der Waals surface area contributed by atoms with Crippen LogP contribution in [0.3, 0.4) is 0 Å². The zero-order valence-electron chi connectivity index (χ0n) is 9.89. The van der Waals surface area contributed by atoms with Crippen molar-refractivity contribution in [3.63, 3.8) is 0 Å². The third-order valence-electron chi connectivity index (χ3n) is 2.54. The summed E-state index contributed by atoms with van der Waals surface area (Å²) >= 11 is 8.57. The number of hydrogen-bond acceptors (Lipinski definition) is 2. The molecule has 1 N–H and O–H groups in total. The number of halogens is 2. The van der Waals surface area contributed by atoms with Crippen LogP contribution in [0.1, 0.15) is 30.7 Å². The van der Waals surface area contributed by atoms with Crippen molar-refractivity contribution in [3.05, 3.63) is 16.4 Å². The largest absolute Gasteiger partial charge is 0.311 e. The molecule has 0 saturated heterocycles. The van der Waals surface area contributed by atoms with Gasteiger partial charge in [-0.15, -0.1) is 0 Å². The normalized spacial score (nSPS) is 11.0. The van der Waals surface area contributed by atoms with Crippen molar-refractivity contribution in [3.8, 4) is 0 Å². The summed E-state index contributed by atoms with van der Waals surface area (Å²) in [5.41, 5.74) is 1.99. The zero-order chi connectivity index (χ0) is 12.0. The monoisotopic (exact) mass is 355 g/mol. The molecule has 1 aromatic rings. The van der Waals surface area contributed by atoms with Crippen LogP contribution in [-0.4, -0.2) is 20.8 Å². The number of hydrogen-bond donors (Lipinski definition) is 1. The highest BCUT2D eigenvalue weighted by atomic mass is 127. The highest BCUT2D eigenvalue weighted by Gasteiger charge is 2.09. The number of nitrogens with one attached hydrogen (secondary N) is 1. The van der Waals surface area contributed by atoms with E-state index in [1.54, 1.807) is 0 Å². The Hall–Kier alpha value is 0.190. The molecule has 0 atom stereocenters. The highest BCUT2D eigenvalue weighted by molar-refractivity contribution is 14.1. The standard InChI is InChI=1S/C11H19ClIN3/c1-9-11(12)10(16(2)15-9)8-14-7-5-3-4-6-13/h14H,3-8H2,1-2H3. The predicted octanol–water partition coefficient (Wildman–Crippen LogP) is 3.08. The predicted molar refractivity (Wildman–Crippen MR) is 77.4 cm³/mol. The summed E-state index contributed by atoms with van der Waals surface area (Å²) in [5.74, 6) is 0. The van der Waals surface area contributed by atoms with Crippen molar-refractivity contribution in [1.29, 1.82) is 0 Å². The highest BCUT2D eigenvalue weighted by Crippen LogP contribution is 2.18. The fourth-order valence-electron chi connectivity index (χ4n) is 1.60. The van der Waals surface area contributed by atoms with Crippen LogP contribution in [-0.2, 0) is 13.6 Å². The van der Waals surface area contributed by atoms with Gasteiger partial charge in [-0.3, -0.25) is 4.68 Å². The maximum atomic E-state index is 6.15. The van der Waals surface area contributed by atoms with Gasteiger partial charge in [0.25, 0.3) is 0 Å². The van der Waals surface area contributed by atoms with E-state index in [1.165, 1.54) is 23.7 Å².